The van der Waals surface area contributed by atoms with Gasteiger partial charge in [-0.05, 0) is 6.92 Å². The van der Waals surface area contributed by atoms with Crippen LogP contribution in [0.2, 0.25) is 0 Å². The molecule has 19 heavy (non-hydrogen) atoms. The molecular formula is C10H9Cl3N4O2. The lowest BCUT2D eigenvalue weighted by Crippen LogP contribution is -2.19. The number of nitrogens with zero attached hydrogens (tertiary/aromatic N) is 3. The number of halogens is 3. The van der Waals surface area contributed by atoms with Crippen LogP contribution in [0, 0.1) is 11.3 Å². The van der Waals surface area contributed by atoms with Crippen molar-refractivity contribution < 1.29 is 9.53 Å². The molecule has 102 valence electrons. The fraction of sp³-hybridized carbons (Fsp3) is 0.400. The Balaban J connectivity index is 3.40. The molecule has 0 atom stereocenters. The first-order valence-electron chi connectivity index (χ1n) is 5.08. The van der Waals surface area contributed by atoms with Crippen molar-refractivity contribution >= 4 is 46.6 Å². The summed E-state index contributed by atoms with van der Waals surface area (Å²) in [5.41, 5.74) is 5.63. The van der Waals surface area contributed by atoms with Gasteiger partial charge in [-0.15, -0.1) is 0 Å². The number of carbonyl (C=O) groups is 1. The normalized spacial score (nSPS) is 10.9. The van der Waals surface area contributed by atoms with Crippen LogP contribution in [0.5, 0.6) is 0 Å². The maximum absolute atomic E-state index is 11.7. The second kappa shape index (κ2) is 6.24. The number of carbonyl (C=O) groups excluding carboxylic acids is 1. The lowest BCUT2D eigenvalue weighted by molar-refractivity contribution is 0.0525. The lowest BCUT2D eigenvalue weighted by atomic mass is 10.1. The molecule has 1 heterocycles. The minimum absolute atomic E-state index is 0.0646. The van der Waals surface area contributed by atoms with Crippen LogP contribution in [0.4, 0.5) is 5.82 Å². The van der Waals surface area contributed by atoms with Gasteiger partial charge in [-0.2, -0.15) is 5.26 Å². The number of nitrogen functional groups attached to an aromatic ring is 1. The number of hydrogen-bond acceptors (Lipinski definition) is 6. The van der Waals surface area contributed by atoms with Gasteiger partial charge >= 0.3 is 5.97 Å². The second-order valence-electron chi connectivity index (χ2n) is 3.31. The van der Waals surface area contributed by atoms with Gasteiger partial charge in [-0.1, -0.05) is 34.8 Å². The molecule has 1 aromatic heterocycles. The van der Waals surface area contributed by atoms with Gasteiger partial charge in [0.2, 0.25) is 3.79 Å². The largest absolute Gasteiger partial charge is 0.462 e. The van der Waals surface area contributed by atoms with Crippen molar-refractivity contribution in [3.63, 3.8) is 0 Å². The molecule has 0 saturated carbocycles. The zero-order chi connectivity index (χ0) is 14.6. The molecule has 0 fully saturated rings. The van der Waals surface area contributed by atoms with Crippen LogP contribution >= 0.6 is 34.8 Å². The zero-order valence-corrected chi connectivity index (χ0v) is 12.1. The summed E-state index contributed by atoms with van der Waals surface area (Å²) in [6.45, 7) is 1.78. The smallest absolute Gasteiger partial charge is 0.343 e. The summed E-state index contributed by atoms with van der Waals surface area (Å²) in [4.78, 5) is 19.4. The maximum atomic E-state index is 11.7. The Kier molecular flexibility index (Phi) is 5.18. The minimum atomic E-state index is -1.90. The molecule has 0 unspecified atom stereocenters. The Labute approximate surface area is 124 Å². The van der Waals surface area contributed by atoms with Crippen molar-refractivity contribution in [1.29, 1.82) is 5.26 Å². The van der Waals surface area contributed by atoms with E-state index < -0.39 is 9.76 Å². The van der Waals surface area contributed by atoms with Crippen LogP contribution in [0.25, 0.3) is 0 Å². The van der Waals surface area contributed by atoms with Crippen LogP contribution in [-0.4, -0.2) is 22.5 Å². The fourth-order valence-corrected chi connectivity index (χ4v) is 1.54. The molecule has 0 saturated heterocycles. The summed E-state index contributed by atoms with van der Waals surface area (Å²) in [6.07, 6.45) is -0.186. The van der Waals surface area contributed by atoms with E-state index in [1.807, 2.05) is 6.07 Å². The van der Waals surface area contributed by atoms with Gasteiger partial charge in [0.15, 0.2) is 5.82 Å². The fourth-order valence-electron chi connectivity index (χ4n) is 1.28. The van der Waals surface area contributed by atoms with E-state index in [2.05, 4.69) is 9.97 Å². The Morgan fingerprint density at radius 3 is 2.58 bits per heavy atom. The Morgan fingerprint density at radius 2 is 2.11 bits per heavy atom. The van der Waals surface area contributed by atoms with E-state index in [4.69, 9.17) is 50.5 Å². The van der Waals surface area contributed by atoms with Gasteiger partial charge in [0, 0.05) is 0 Å². The highest BCUT2D eigenvalue weighted by atomic mass is 35.6. The van der Waals surface area contributed by atoms with E-state index in [1.165, 1.54) is 0 Å². The number of rotatable bonds is 3. The number of nitrogens with two attached hydrogens (primary N) is 1. The number of hydrogen-bond donors (Lipinski definition) is 1. The van der Waals surface area contributed by atoms with Gasteiger partial charge < -0.3 is 10.5 Å². The summed E-state index contributed by atoms with van der Waals surface area (Å²) in [5, 5.41) is 8.74. The van der Waals surface area contributed by atoms with Crippen LogP contribution < -0.4 is 5.73 Å². The van der Waals surface area contributed by atoms with Crippen molar-refractivity contribution in [2.24, 2.45) is 0 Å². The number of esters is 1. The third-order valence-corrected chi connectivity index (χ3v) is 2.50. The zero-order valence-electron chi connectivity index (χ0n) is 9.78. The quantitative estimate of drug-likeness (QED) is 0.675. The van der Waals surface area contributed by atoms with E-state index in [0.29, 0.717) is 0 Å². The molecule has 0 aliphatic heterocycles. The Bertz CT molecular complexity index is 537. The third-order valence-electron chi connectivity index (χ3n) is 1.99. The standard InChI is InChI=1S/C10H9Cl3N4O2/c1-2-19-8(18)6-5(3-4-14)16-9(10(11,12)13)17-7(6)15/h2-3H2,1H3,(H2,15,16,17). The summed E-state index contributed by atoms with van der Waals surface area (Å²) in [6, 6.07) is 1.84. The molecule has 0 radical (unpaired) electrons. The summed E-state index contributed by atoms with van der Waals surface area (Å²) in [5.74, 6) is -1.12. The first kappa shape index (κ1) is 15.8. The highest BCUT2D eigenvalue weighted by Gasteiger charge is 2.30. The molecule has 0 aromatic carbocycles. The summed E-state index contributed by atoms with van der Waals surface area (Å²) < 4.78 is 2.92. The summed E-state index contributed by atoms with van der Waals surface area (Å²) >= 11 is 16.9. The van der Waals surface area contributed by atoms with Gasteiger partial charge in [-0.3, -0.25) is 0 Å². The number of ether oxygens (including phenoxy) is 1. The molecular weight excluding hydrogens is 314 g/mol. The predicted octanol–water partition coefficient (Wildman–Crippen LogP) is 2.13. The molecule has 1 aromatic rings. The third kappa shape index (κ3) is 3.83. The number of alkyl halides is 3. The molecule has 0 amide bonds. The van der Waals surface area contributed by atoms with E-state index in [1.54, 1.807) is 6.92 Å². The lowest BCUT2D eigenvalue weighted by Gasteiger charge is -2.14. The molecule has 0 spiro atoms. The van der Waals surface area contributed by atoms with E-state index in [-0.39, 0.29) is 35.9 Å². The van der Waals surface area contributed by atoms with Crippen LogP contribution in [-0.2, 0) is 15.0 Å². The molecule has 0 aliphatic carbocycles. The van der Waals surface area contributed by atoms with Gasteiger partial charge in [0.1, 0.15) is 11.4 Å². The average Bonchev–Trinajstić information content (AvgIpc) is 2.27. The number of nitriles is 1. The van der Waals surface area contributed by atoms with Crippen molar-refractivity contribution in [1.82, 2.24) is 9.97 Å². The van der Waals surface area contributed by atoms with Crippen LogP contribution in [0.1, 0.15) is 28.8 Å². The van der Waals surface area contributed by atoms with Crippen molar-refractivity contribution in [3.05, 3.63) is 17.1 Å². The van der Waals surface area contributed by atoms with Crippen molar-refractivity contribution in [2.75, 3.05) is 12.3 Å². The Hall–Kier alpha value is -1.29. The molecule has 0 bridgehead atoms. The topological polar surface area (TPSA) is 102 Å². The molecule has 2 N–H and O–H groups in total. The number of anilines is 1. The number of aromatic nitrogens is 2. The predicted molar refractivity (Wildman–Crippen MR) is 71.0 cm³/mol. The monoisotopic (exact) mass is 322 g/mol. The molecule has 0 aliphatic rings. The van der Waals surface area contributed by atoms with Gasteiger partial charge in [0.05, 0.1) is 24.8 Å². The molecule has 6 nitrogen and oxygen atoms in total. The van der Waals surface area contributed by atoms with E-state index in [0.717, 1.165) is 0 Å². The maximum Gasteiger partial charge on any atom is 0.343 e. The average molecular weight is 324 g/mol. The van der Waals surface area contributed by atoms with Gasteiger partial charge in [0.25, 0.3) is 0 Å². The van der Waals surface area contributed by atoms with Crippen LogP contribution in [0.15, 0.2) is 0 Å². The minimum Gasteiger partial charge on any atom is -0.462 e. The molecule has 9 heteroatoms. The SMILES string of the molecule is CCOC(=O)c1c(N)nc(C(Cl)(Cl)Cl)nc1CC#N. The summed E-state index contributed by atoms with van der Waals surface area (Å²) in [7, 11) is 0. The van der Waals surface area contributed by atoms with Crippen molar-refractivity contribution in [2.45, 2.75) is 17.1 Å². The highest BCUT2D eigenvalue weighted by molar-refractivity contribution is 6.66. The Morgan fingerprint density at radius 1 is 1.47 bits per heavy atom. The van der Waals surface area contributed by atoms with Crippen molar-refractivity contribution in [3.8, 4) is 6.07 Å². The van der Waals surface area contributed by atoms with Crippen LogP contribution in [0.3, 0.4) is 0 Å². The second-order valence-corrected chi connectivity index (χ2v) is 5.59. The van der Waals surface area contributed by atoms with E-state index >= 15 is 0 Å². The first-order valence-corrected chi connectivity index (χ1v) is 6.22. The highest BCUT2D eigenvalue weighted by Crippen LogP contribution is 2.36. The first-order chi connectivity index (χ1) is 8.81. The van der Waals surface area contributed by atoms with E-state index in [9.17, 15) is 4.79 Å². The van der Waals surface area contributed by atoms with Gasteiger partial charge in [-0.25, -0.2) is 14.8 Å². The molecule has 1 rings (SSSR count).